The number of furan rings is 1. The summed E-state index contributed by atoms with van der Waals surface area (Å²) in [6, 6.07) is 55.4. The molecule has 1 heterocycles. The minimum Gasteiger partial charge on any atom is -0.456 e. The lowest BCUT2D eigenvalue weighted by Crippen LogP contribution is -2.18. The Labute approximate surface area is 293 Å². The van der Waals surface area contributed by atoms with E-state index in [2.05, 4.69) is 184 Å². The number of hydrogen-bond acceptors (Lipinski definition) is 2. The first-order chi connectivity index (χ1) is 24.3. The van der Waals surface area contributed by atoms with Gasteiger partial charge in [-0.1, -0.05) is 137 Å². The maximum atomic E-state index is 6.85. The molecule has 0 saturated carbocycles. The summed E-state index contributed by atoms with van der Waals surface area (Å²) in [7, 11) is 0. The van der Waals surface area contributed by atoms with Gasteiger partial charge in [0.15, 0.2) is 0 Å². The monoisotopic (exact) mass is 643 g/mol. The van der Waals surface area contributed by atoms with E-state index in [0.29, 0.717) is 0 Å². The second-order valence-corrected chi connectivity index (χ2v) is 14.9. The van der Waals surface area contributed by atoms with Crippen LogP contribution in [0.2, 0.25) is 0 Å². The van der Waals surface area contributed by atoms with Crippen molar-refractivity contribution in [3.63, 3.8) is 0 Å². The smallest absolute Gasteiger partial charge is 0.137 e. The summed E-state index contributed by atoms with van der Waals surface area (Å²) in [6.07, 6.45) is 0. The standard InChI is InChI=1S/C48H37NO/c1-47(2)38-21-13-11-19-34(38)35-25-24-33(28-40(35)47)49(32-17-9-6-10-18-32)46-44-36-20-12-14-22-39(36)48(3,4)41(44)29-43-45(46)37-27-31(23-26-42(37)50-43)30-15-7-5-8-16-30/h5-29H,1-4H3. The number of para-hydroxylation sites is 1. The van der Waals surface area contributed by atoms with Crippen molar-refractivity contribution in [3.05, 3.63) is 174 Å². The van der Waals surface area contributed by atoms with Crippen LogP contribution in [0.4, 0.5) is 17.1 Å². The molecule has 2 nitrogen and oxygen atoms in total. The molecule has 0 amide bonds. The van der Waals surface area contributed by atoms with E-state index < -0.39 is 0 Å². The average Bonchev–Trinajstić information content (AvgIpc) is 3.71. The van der Waals surface area contributed by atoms with Gasteiger partial charge < -0.3 is 9.32 Å². The molecular weight excluding hydrogens is 607 g/mol. The highest BCUT2D eigenvalue weighted by Crippen LogP contribution is 2.59. The van der Waals surface area contributed by atoms with E-state index in [1.807, 2.05) is 0 Å². The first-order valence-electron chi connectivity index (χ1n) is 17.6. The van der Waals surface area contributed by atoms with Gasteiger partial charge in [0.2, 0.25) is 0 Å². The van der Waals surface area contributed by atoms with Gasteiger partial charge >= 0.3 is 0 Å². The quantitative estimate of drug-likeness (QED) is 0.190. The molecule has 2 heteroatoms. The molecule has 240 valence electrons. The average molecular weight is 644 g/mol. The van der Waals surface area contributed by atoms with Gasteiger partial charge in [0, 0.05) is 33.2 Å². The maximum absolute atomic E-state index is 6.85. The highest BCUT2D eigenvalue weighted by Gasteiger charge is 2.41. The van der Waals surface area contributed by atoms with Crippen LogP contribution in [0.15, 0.2) is 156 Å². The Morgan fingerprint density at radius 3 is 1.82 bits per heavy atom. The van der Waals surface area contributed by atoms with Gasteiger partial charge in [-0.05, 0) is 92.5 Å². The molecule has 0 N–H and O–H groups in total. The zero-order valence-electron chi connectivity index (χ0n) is 28.8. The molecular formula is C48H37NO. The van der Waals surface area contributed by atoms with Crippen molar-refractivity contribution in [1.29, 1.82) is 0 Å². The van der Waals surface area contributed by atoms with Gasteiger partial charge in [0.1, 0.15) is 11.2 Å². The molecule has 0 aliphatic heterocycles. The van der Waals surface area contributed by atoms with E-state index in [9.17, 15) is 0 Å². The van der Waals surface area contributed by atoms with E-state index in [1.54, 1.807) is 0 Å². The Kier molecular flexibility index (Phi) is 6.01. The van der Waals surface area contributed by atoms with E-state index in [0.717, 1.165) is 33.3 Å². The molecule has 0 bridgehead atoms. The number of hydrogen-bond donors (Lipinski definition) is 0. The molecule has 0 fully saturated rings. The molecule has 0 atom stereocenters. The van der Waals surface area contributed by atoms with Crippen LogP contribution in [-0.2, 0) is 10.8 Å². The molecule has 7 aromatic carbocycles. The Morgan fingerprint density at radius 2 is 1.06 bits per heavy atom. The third-order valence-electron chi connectivity index (χ3n) is 11.4. The van der Waals surface area contributed by atoms with Crippen LogP contribution in [-0.4, -0.2) is 0 Å². The van der Waals surface area contributed by atoms with Crippen LogP contribution in [0, 0.1) is 0 Å². The van der Waals surface area contributed by atoms with Crippen LogP contribution in [0.5, 0.6) is 0 Å². The van der Waals surface area contributed by atoms with Gasteiger partial charge in [-0.15, -0.1) is 0 Å². The second-order valence-electron chi connectivity index (χ2n) is 14.9. The number of anilines is 3. The fourth-order valence-electron chi connectivity index (χ4n) is 8.92. The number of fused-ring (bicyclic) bond motifs is 9. The molecule has 10 rings (SSSR count). The molecule has 0 saturated heterocycles. The van der Waals surface area contributed by atoms with Crippen molar-refractivity contribution in [2.24, 2.45) is 0 Å². The van der Waals surface area contributed by atoms with Crippen molar-refractivity contribution < 1.29 is 4.42 Å². The SMILES string of the molecule is CC1(C)c2ccccc2-c2ccc(N(c3ccccc3)c3c4c(cc5oc6ccc(-c7ccccc7)cc6c35)C(C)(C)c3ccccc3-4)cc21. The summed E-state index contributed by atoms with van der Waals surface area (Å²) in [6.45, 7) is 9.43. The Hall–Kier alpha value is -5.86. The van der Waals surface area contributed by atoms with Gasteiger partial charge in [-0.25, -0.2) is 0 Å². The molecule has 0 unspecified atom stereocenters. The van der Waals surface area contributed by atoms with Crippen molar-refractivity contribution in [1.82, 2.24) is 0 Å². The number of benzene rings is 7. The second kappa shape index (κ2) is 10.3. The number of rotatable bonds is 4. The molecule has 0 radical (unpaired) electrons. The predicted octanol–water partition coefficient (Wildman–Crippen LogP) is 13.3. The largest absolute Gasteiger partial charge is 0.456 e. The minimum atomic E-state index is -0.201. The van der Waals surface area contributed by atoms with Crippen molar-refractivity contribution in [3.8, 4) is 33.4 Å². The molecule has 1 aromatic heterocycles. The first kappa shape index (κ1) is 29.1. The summed E-state index contributed by atoms with van der Waals surface area (Å²) < 4.78 is 6.85. The van der Waals surface area contributed by atoms with Crippen LogP contribution < -0.4 is 4.90 Å². The van der Waals surface area contributed by atoms with Crippen molar-refractivity contribution in [2.45, 2.75) is 38.5 Å². The van der Waals surface area contributed by atoms with Crippen LogP contribution in [0.3, 0.4) is 0 Å². The maximum Gasteiger partial charge on any atom is 0.137 e. The Balaban J connectivity index is 1.34. The normalized spacial score (nSPS) is 14.7. The molecule has 2 aliphatic carbocycles. The van der Waals surface area contributed by atoms with Crippen LogP contribution in [0.25, 0.3) is 55.3 Å². The predicted molar refractivity (Wildman–Crippen MR) is 209 cm³/mol. The third-order valence-corrected chi connectivity index (χ3v) is 11.4. The van der Waals surface area contributed by atoms with E-state index in [1.165, 1.54) is 61.3 Å². The first-order valence-corrected chi connectivity index (χ1v) is 17.6. The summed E-state index contributed by atoms with van der Waals surface area (Å²) in [4.78, 5) is 2.50. The highest BCUT2D eigenvalue weighted by atomic mass is 16.3. The van der Waals surface area contributed by atoms with Gasteiger partial charge in [-0.3, -0.25) is 0 Å². The number of nitrogens with zero attached hydrogens (tertiary/aromatic N) is 1. The molecule has 0 spiro atoms. The lowest BCUT2D eigenvalue weighted by Gasteiger charge is -2.31. The van der Waals surface area contributed by atoms with Crippen molar-refractivity contribution >= 4 is 39.0 Å². The molecule has 8 aromatic rings. The Bertz CT molecular complexity index is 2640. The lowest BCUT2D eigenvalue weighted by molar-refractivity contribution is 0.647. The van der Waals surface area contributed by atoms with E-state index in [-0.39, 0.29) is 10.8 Å². The summed E-state index contributed by atoms with van der Waals surface area (Å²) in [5.74, 6) is 0. The van der Waals surface area contributed by atoms with E-state index >= 15 is 0 Å². The third kappa shape index (κ3) is 3.96. The van der Waals surface area contributed by atoms with Gasteiger partial charge in [0.05, 0.1) is 11.1 Å². The summed E-state index contributed by atoms with van der Waals surface area (Å²) in [5, 5.41) is 2.26. The topological polar surface area (TPSA) is 16.4 Å². The molecule has 2 aliphatic rings. The zero-order valence-corrected chi connectivity index (χ0v) is 28.8. The molecule has 50 heavy (non-hydrogen) atoms. The summed E-state index contributed by atoms with van der Waals surface area (Å²) >= 11 is 0. The lowest BCUT2D eigenvalue weighted by atomic mass is 9.82. The van der Waals surface area contributed by atoms with Gasteiger partial charge in [-0.2, -0.15) is 0 Å². The highest BCUT2D eigenvalue weighted by molar-refractivity contribution is 6.19. The van der Waals surface area contributed by atoms with Crippen LogP contribution in [0.1, 0.15) is 49.9 Å². The van der Waals surface area contributed by atoms with Crippen molar-refractivity contribution in [2.75, 3.05) is 4.90 Å². The Morgan fingerprint density at radius 1 is 0.440 bits per heavy atom. The fourth-order valence-corrected chi connectivity index (χ4v) is 8.92. The van der Waals surface area contributed by atoms with Gasteiger partial charge in [0.25, 0.3) is 0 Å². The summed E-state index contributed by atoms with van der Waals surface area (Å²) in [5.41, 5.74) is 17.9. The van der Waals surface area contributed by atoms with E-state index in [4.69, 9.17) is 4.42 Å². The fraction of sp³-hybridized carbons (Fsp3) is 0.125. The zero-order chi connectivity index (χ0) is 33.8. The van der Waals surface area contributed by atoms with Crippen LogP contribution >= 0.6 is 0 Å². The minimum absolute atomic E-state index is 0.125.